The Hall–Kier alpha value is -2.06. The Morgan fingerprint density at radius 1 is 1.21 bits per heavy atom. The van der Waals surface area contributed by atoms with E-state index in [1.807, 2.05) is 45.9 Å². The minimum Gasteiger partial charge on any atom is -0.394 e. The van der Waals surface area contributed by atoms with Gasteiger partial charge in [-0.1, -0.05) is 32.0 Å². The van der Waals surface area contributed by atoms with Crippen molar-refractivity contribution >= 4 is 29.5 Å². The van der Waals surface area contributed by atoms with Gasteiger partial charge in [0.1, 0.15) is 17.5 Å². The molecule has 1 fully saturated rings. The Morgan fingerprint density at radius 2 is 1.86 bits per heavy atom. The predicted molar refractivity (Wildman–Crippen MR) is 112 cm³/mol. The fourth-order valence-corrected chi connectivity index (χ4v) is 5.54. The number of benzene rings is 1. The lowest BCUT2D eigenvalue weighted by Gasteiger charge is -2.32. The number of hydrogen-bond donors (Lipinski definition) is 3. The van der Waals surface area contributed by atoms with Crippen molar-refractivity contribution < 1.29 is 19.5 Å². The lowest BCUT2D eigenvalue weighted by atomic mass is 9.98. The maximum absolute atomic E-state index is 13.3. The van der Waals surface area contributed by atoms with Gasteiger partial charge in [0.15, 0.2) is 0 Å². The molecule has 0 bridgehead atoms. The SMILES string of the molecule is CC(C)[C@H](NC(=O)[C@H]1N2C(=O)c3ccccc3C2SC1(C)C)C(=O)N[C@@H](C)CO. The molecular formula is C21H29N3O4S. The summed E-state index contributed by atoms with van der Waals surface area (Å²) < 4.78 is -0.506. The minimum absolute atomic E-state index is 0.149. The van der Waals surface area contributed by atoms with Gasteiger partial charge in [0.2, 0.25) is 11.8 Å². The molecule has 3 amide bonds. The molecule has 1 aromatic carbocycles. The second kappa shape index (κ2) is 7.99. The molecule has 3 rings (SSSR count). The molecule has 1 unspecified atom stereocenters. The molecule has 3 N–H and O–H groups in total. The highest BCUT2D eigenvalue weighted by atomic mass is 32.2. The zero-order valence-electron chi connectivity index (χ0n) is 17.4. The van der Waals surface area contributed by atoms with E-state index < -0.39 is 22.9 Å². The number of fused-ring (bicyclic) bond motifs is 3. The van der Waals surface area contributed by atoms with Crippen LogP contribution in [0, 0.1) is 5.92 Å². The van der Waals surface area contributed by atoms with Crippen LogP contribution in [0.2, 0.25) is 0 Å². The summed E-state index contributed by atoms with van der Waals surface area (Å²) in [7, 11) is 0. The molecule has 8 heteroatoms. The smallest absolute Gasteiger partial charge is 0.256 e. The van der Waals surface area contributed by atoms with Crippen LogP contribution >= 0.6 is 11.8 Å². The molecule has 0 radical (unpaired) electrons. The van der Waals surface area contributed by atoms with Gasteiger partial charge in [0.05, 0.1) is 6.61 Å². The third kappa shape index (κ3) is 3.88. The number of nitrogens with one attached hydrogen (secondary N) is 2. The molecule has 1 saturated heterocycles. The summed E-state index contributed by atoms with van der Waals surface area (Å²) in [4.78, 5) is 40.6. The van der Waals surface area contributed by atoms with E-state index in [-0.39, 0.29) is 35.6 Å². The van der Waals surface area contributed by atoms with Crippen LogP contribution < -0.4 is 10.6 Å². The summed E-state index contributed by atoms with van der Waals surface area (Å²) in [6.07, 6.45) is 0. The topological polar surface area (TPSA) is 98.7 Å². The van der Waals surface area contributed by atoms with Crippen LogP contribution in [0.15, 0.2) is 24.3 Å². The maximum atomic E-state index is 13.3. The zero-order valence-corrected chi connectivity index (χ0v) is 18.2. The lowest BCUT2D eigenvalue weighted by Crippen LogP contribution is -2.59. The standard InChI is InChI=1S/C21H29N3O4S/c1-11(2)15(17(26)22-12(3)10-25)23-18(27)16-21(4,5)29-20-14-9-7-6-8-13(14)19(28)24(16)20/h6-9,11-12,15-16,20,25H,10H2,1-5H3,(H,22,26)(H,23,27)/t12-,15-,16+,20?/m0/s1. The third-order valence-corrected chi connectivity index (χ3v) is 6.99. The van der Waals surface area contributed by atoms with Gasteiger partial charge < -0.3 is 20.6 Å². The number of thioether (sulfide) groups is 1. The fraction of sp³-hybridized carbons (Fsp3) is 0.571. The molecule has 2 aliphatic rings. The van der Waals surface area contributed by atoms with Crippen LogP contribution in [-0.4, -0.2) is 57.2 Å². The summed E-state index contributed by atoms with van der Waals surface area (Å²) in [6, 6.07) is 5.60. The highest BCUT2D eigenvalue weighted by Crippen LogP contribution is 2.56. The number of carbonyl (C=O) groups excluding carboxylic acids is 3. The van der Waals surface area contributed by atoms with Crippen molar-refractivity contribution in [2.45, 2.75) is 62.9 Å². The highest BCUT2D eigenvalue weighted by Gasteiger charge is 2.57. The van der Waals surface area contributed by atoms with Crippen molar-refractivity contribution in [3.05, 3.63) is 35.4 Å². The second-order valence-electron chi connectivity index (χ2n) is 8.60. The zero-order chi connectivity index (χ0) is 21.5. The first-order valence-corrected chi connectivity index (χ1v) is 10.8. The van der Waals surface area contributed by atoms with Gasteiger partial charge in [-0.25, -0.2) is 0 Å². The Bertz CT molecular complexity index is 826. The Labute approximate surface area is 175 Å². The van der Waals surface area contributed by atoms with Crippen molar-refractivity contribution in [2.24, 2.45) is 5.92 Å². The Balaban J connectivity index is 1.84. The first-order chi connectivity index (χ1) is 13.6. The molecule has 29 heavy (non-hydrogen) atoms. The number of rotatable bonds is 6. The molecule has 7 nitrogen and oxygen atoms in total. The van der Waals surface area contributed by atoms with Crippen LogP contribution in [0.5, 0.6) is 0 Å². The monoisotopic (exact) mass is 419 g/mol. The van der Waals surface area contributed by atoms with E-state index in [2.05, 4.69) is 10.6 Å². The lowest BCUT2D eigenvalue weighted by molar-refractivity contribution is -0.133. The Morgan fingerprint density at radius 3 is 2.48 bits per heavy atom. The summed E-state index contributed by atoms with van der Waals surface area (Å²) >= 11 is 1.59. The molecule has 0 aromatic heterocycles. The van der Waals surface area contributed by atoms with Crippen LogP contribution in [-0.2, 0) is 9.59 Å². The van der Waals surface area contributed by atoms with Gasteiger partial charge in [0.25, 0.3) is 5.91 Å². The number of amides is 3. The molecule has 158 valence electrons. The number of aliphatic hydroxyl groups excluding tert-OH is 1. The highest BCUT2D eigenvalue weighted by molar-refractivity contribution is 8.01. The molecule has 1 aromatic rings. The van der Waals surface area contributed by atoms with Gasteiger partial charge in [-0.15, -0.1) is 11.8 Å². The molecule has 2 aliphatic heterocycles. The van der Waals surface area contributed by atoms with Crippen LogP contribution in [0.25, 0.3) is 0 Å². The van der Waals surface area contributed by atoms with E-state index in [1.165, 1.54) is 0 Å². The predicted octanol–water partition coefficient (Wildman–Crippen LogP) is 1.67. The molecule has 0 aliphatic carbocycles. The van der Waals surface area contributed by atoms with Gasteiger partial charge >= 0.3 is 0 Å². The maximum Gasteiger partial charge on any atom is 0.256 e. The van der Waals surface area contributed by atoms with Gasteiger partial charge in [-0.3, -0.25) is 14.4 Å². The van der Waals surface area contributed by atoms with Crippen molar-refractivity contribution in [3.8, 4) is 0 Å². The number of aliphatic hydroxyl groups is 1. The van der Waals surface area contributed by atoms with Gasteiger partial charge in [0, 0.05) is 16.4 Å². The number of hydrogen-bond acceptors (Lipinski definition) is 5. The largest absolute Gasteiger partial charge is 0.394 e. The molecule has 2 heterocycles. The minimum atomic E-state index is -0.753. The summed E-state index contributed by atoms with van der Waals surface area (Å²) in [5, 5.41) is 14.6. The van der Waals surface area contributed by atoms with E-state index >= 15 is 0 Å². The third-order valence-electron chi connectivity index (χ3n) is 5.45. The molecule has 0 saturated carbocycles. The summed E-state index contributed by atoms with van der Waals surface area (Å²) in [6.45, 7) is 9.12. The molecule has 0 spiro atoms. The van der Waals surface area contributed by atoms with Crippen LogP contribution in [0.1, 0.15) is 55.9 Å². The second-order valence-corrected chi connectivity index (χ2v) is 10.3. The van der Waals surface area contributed by atoms with E-state index in [0.717, 1.165) is 5.56 Å². The first-order valence-electron chi connectivity index (χ1n) is 9.89. The first kappa shape index (κ1) is 21.6. The van der Waals surface area contributed by atoms with E-state index in [1.54, 1.807) is 29.7 Å². The average Bonchev–Trinajstić information content (AvgIpc) is 3.09. The van der Waals surface area contributed by atoms with Crippen molar-refractivity contribution in [2.75, 3.05) is 6.61 Å². The molecular weight excluding hydrogens is 390 g/mol. The van der Waals surface area contributed by atoms with Crippen molar-refractivity contribution in [1.29, 1.82) is 0 Å². The van der Waals surface area contributed by atoms with Gasteiger partial charge in [-0.2, -0.15) is 0 Å². The van der Waals surface area contributed by atoms with Crippen molar-refractivity contribution in [1.82, 2.24) is 15.5 Å². The molecule has 4 atom stereocenters. The van der Waals surface area contributed by atoms with Crippen molar-refractivity contribution in [3.63, 3.8) is 0 Å². The fourth-order valence-electron chi connectivity index (χ4n) is 3.95. The normalized spacial score (nSPS) is 24.1. The van der Waals surface area contributed by atoms with Gasteiger partial charge in [-0.05, 0) is 38.3 Å². The summed E-state index contributed by atoms with van der Waals surface area (Å²) in [5.41, 5.74) is 1.56. The van der Waals surface area contributed by atoms with Crippen LogP contribution in [0.3, 0.4) is 0 Å². The number of carbonyl (C=O) groups is 3. The van der Waals surface area contributed by atoms with E-state index in [0.29, 0.717) is 5.56 Å². The quantitative estimate of drug-likeness (QED) is 0.652. The Kier molecular flexibility index (Phi) is 5.96. The van der Waals surface area contributed by atoms with Crippen LogP contribution in [0.4, 0.5) is 0 Å². The van der Waals surface area contributed by atoms with E-state index in [9.17, 15) is 19.5 Å². The number of nitrogens with zero attached hydrogens (tertiary/aromatic N) is 1. The average molecular weight is 420 g/mol. The van der Waals surface area contributed by atoms with E-state index in [4.69, 9.17) is 0 Å². The summed E-state index contributed by atoms with van der Waals surface area (Å²) in [5.74, 6) is -0.977.